The van der Waals surface area contributed by atoms with E-state index in [1.54, 1.807) is 0 Å². The van der Waals surface area contributed by atoms with Crippen LogP contribution in [-0.4, -0.2) is 29.5 Å². The van der Waals surface area contributed by atoms with Gasteiger partial charge < -0.3 is 9.30 Å². The molecule has 1 aromatic heterocycles. The Morgan fingerprint density at radius 1 is 1.00 bits per heavy atom. The van der Waals surface area contributed by atoms with Crippen molar-refractivity contribution in [1.82, 2.24) is 4.57 Å². The number of amides is 2. The molecular formula is C30H32N2O4. The van der Waals surface area contributed by atoms with Gasteiger partial charge in [-0.2, -0.15) is 0 Å². The average Bonchev–Trinajstić information content (AvgIpc) is 3.36. The Balaban J connectivity index is 1.60. The molecule has 1 aliphatic heterocycles. The Morgan fingerprint density at radius 2 is 1.69 bits per heavy atom. The molecule has 6 nitrogen and oxygen atoms in total. The van der Waals surface area contributed by atoms with Crippen molar-refractivity contribution in [3.05, 3.63) is 89.2 Å². The Kier molecular flexibility index (Phi) is 6.77. The molecule has 2 aromatic carbocycles. The van der Waals surface area contributed by atoms with Crippen molar-refractivity contribution in [2.24, 2.45) is 11.8 Å². The number of anilines is 1. The van der Waals surface area contributed by atoms with Gasteiger partial charge in [0.15, 0.2) is 0 Å². The summed E-state index contributed by atoms with van der Waals surface area (Å²) in [6.07, 6.45) is 5.48. The fraction of sp³-hybridized carbons (Fsp3) is 0.367. The second kappa shape index (κ2) is 10.1. The van der Waals surface area contributed by atoms with Gasteiger partial charge in [-0.15, -0.1) is 0 Å². The minimum atomic E-state index is -0.416. The summed E-state index contributed by atoms with van der Waals surface area (Å²) >= 11 is 0. The number of unbranched alkanes of at least 4 members (excludes halogenated alkanes) is 1. The number of nitrogens with zero attached hydrogens (tertiary/aromatic N) is 2. The van der Waals surface area contributed by atoms with Crippen molar-refractivity contribution < 1.29 is 19.1 Å². The number of aromatic nitrogens is 1. The van der Waals surface area contributed by atoms with Crippen LogP contribution in [0.3, 0.4) is 0 Å². The van der Waals surface area contributed by atoms with E-state index in [0.29, 0.717) is 18.7 Å². The molecular weight excluding hydrogens is 452 g/mol. The number of fused-ring (bicyclic) bond motifs is 2. The Hall–Kier alpha value is -3.67. The smallest absolute Gasteiger partial charge is 0.311 e. The SMILES string of the molecule is CCCC[C@H]1c2c(cn(Cc3ccccc3)c2CC(=O)OC)C[C@H]2C(=O)N(c3ccccc3)C(=O)[C@H]21. The normalized spacial score (nSPS) is 20.8. The van der Waals surface area contributed by atoms with Gasteiger partial charge in [0.05, 0.1) is 31.1 Å². The largest absolute Gasteiger partial charge is 0.469 e. The highest BCUT2D eigenvalue weighted by Gasteiger charge is 2.55. The molecule has 0 saturated carbocycles. The monoisotopic (exact) mass is 484 g/mol. The number of carbonyl (C=O) groups excluding carboxylic acids is 3. The number of hydrogen-bond donors (Lipinski definition) is 0. The third-order valence-electron chi connectivity index (χ3n) is 7.65. The van der Waals surface area contributed by atoms with Crippen LogP contribution in [0.25, 0.3) is 0 Å². The second-order valence-electron chi connectivity index (χ2n) is 9.81. The summed E-state index contributed by atoms with van der Waals surface area (Å²) in [7, 11) is 1.40. The number of imide groups is 1. The predicted molar refractivity (Wildman–Crippen MR) is 138 cm³/mol. The zero-order chi connectivity index (χ0) is 25.2. The van der Waals surface area contributed by atoms with Gasteiger partial charge in [0.1, 0.15) is 0 Å². The highest BCUT2D eigenvalue weighted by atomic mass is 16.5. The average molecular weight is 485 g/mol. The number of esters is 1. The molecule has 3 aromatic rings. The maximum atomic E-state index is 13.8. The molecule has 1 saturated heterocycles. The lowest BCUT2D eigenvalue weighted by atomic mass is 9.68. The zero-order valence-electron chi connectivity index (χ0n) is 20.9. The molecule has 0 unspecified atom stereocenters. The first-order valence-corrected chi connectivity index (χ1v) is 12.8. The first-order valence-electron chi connectivity index (χ1n) is 12.8. The van der Waals surface area contributed by atoms with E-state index in [-0.39, 0.29) is 36.0 Å². The van der Waals surface area contributed by atoms with E-state index in [9.17, 15) is 14.4 Å². The predicted octanol–water partition coefficient (Wildman–Crippen LogP) is 4.89. The lowest BCUT2D eigenvalue weighted by Gasteiger charge is -2.32. The lowest BCUT2D eigenvalue weighted by Crippen LogP contribution is -2.33. The van der Waals surface area contributed by atoms with E-state index >= 15 is 0 Å². The molecule has 5 rings (SSSR count). The van der Waals surface area contributed by atoms with E-state index in [2.05, 4.69) is 29.8 Å². The number of para-hydroxylation sites is 1. The molecule has 0 spiro atoms. The van der Waals surface area contributed by atoms with Gasteiger partial charge in [-0.25, -0.2) is 0 Å². The fourth-order valence-corrected chi connectivity index (χ4v) is 6.03. The number of methoxy groups -OCH3 is 1. The minimum Gasteiger partial charge on any atom is -0.469 e. The molecule has 3 atom stereocenters. The van der Waals surface area contributed by atoms with E-state index in [1.807, 2.05) is 48.5 Å². The standard InChI is InChI=1S/C30H32N2O4/c1-3-4-15-23-27-21(16-24-28(23)30(35)32(29(24)34)22-13-9-6-10-14-22)19-31(25(27)17-26(33)36-2)18-20-11-7-5-8-12-20/h5-14,19,23-24,28H,3-4,15-18H2,1-2H3/t23-,24+,28-/m0/s1. The van der Waals surface area contributed by atoms with Gasteiger partial charge >= 0.3 is 5.97 Å². The molecule has 186 valence electrons. The molecule has 36 heavy (non-hydrogen) atoms. The van der Waals surface area contributed by atoms with Crippen LogP contribution in [0.1, 0.15) is 54.5 Å². The Bertz CT molecular complexity index is 1260. The Labute approximate surface area is 211 Å². The van der Waals surface area contributed by atoms with E-state index in [0.717, 1.165) is 41.6 Å². The summed E-state index contributed by atoms with van der Waals surface area (Å²) in [4.78, 5) is 41.3. The summed E-state index contributed by atoms with van der Waals surface area (Å²) in [5, 5.41) is 0. The van der Waals surface area contributed by atoms with Crippen molar-refractivity contribution >= 4 is 23.5 Å². The summed E-state index contributed by atoms with van der Waals surface area (Å²) in [6.45, 7) is 2.75. The summed E-state index contributed by atoms with van der Waals surface area (Å²) in [5.74, 6) is -1.45. The zero-order valence-corrected chi connectivity index (χ0v) is 20.9. The number of benzene rings is 2. The first-order chi connectivity index (χ1) is 17.5. The summed E-state index contributed by atoms with van der Waals surface area (Å²) < 4.78 is 7.18. The van der Waals surface area contributed by atoms with Crippen LogP contribution in [-0.2, 0) is 38.5 Å². The topological polar surface area (TPSA) is 68.6 Å². The molecule has 2 amide bonds. The lowest BCUT2D eigenvalue weighted by molar-refractivity contribution is -0.140. The van der Waals surface area contributed by atoms with Crippen molar-refractivity contribution in [1.29, 1.82) is 0 Å². The van der Waals surface area contributed by atoms with Crippen LogP contribution in [0.15, 0.2) is 66.9 Å². The van der Waals surface area contributed by atoms with Gasteiger partial charge in [-0.05, 0) is 47.6 Å². The first kappa shape index (κ1) is 24.0. The minimum absolute atomic E-state index is 0.111. The number of hydrogen-bond acceptors (Lipinski definition) is 4. The fourth-order valence-electron chi connectivity index (χ4n) is 6.03. The quantitative estimate of drug-likeness (QED) is 0.337. The van der Waals surface area contributed by atoms with Crippen molar-refractivity contribution in [2.45, 2.75) is 51.5 Å². The maximum absolute atomic E-state index is 13.8. The molecule has 1 fully saturated rings. The molecule has 0 N–H and O–H groups in total. The maximum Gasteiger partial charge on any atom is 0.311 e. The van der Waals surface area contributed by atoms with E-state index in [1.165, 1.54) is 12.0 Å². The third-order valence-corrected chi connectivity index (χ3v) is 7.65. The molecule has 0 radical (unpaired) electrons. The van der Waals surface area contributed by atoms with Crippen LogP contribution in [0.4, 0.5) is 5.69 Å². The number of carbonyl (C=O) groups is 3. The van der Waals surface area contributed by atoms with Gasteiger partial charge in [-0.3, -0.25) is 19.3 Å². The summed E-state index contributed by atoms with van der Waals surface area (Å²) in [5.41, 5.74) is 4.80. The van der Waals surface area contributed by atoms with Gasteiger partial charge in [0, 0.05) is 18.4 Å². The molecule has 6 heteroatoms. The molecule has 2 heterocycles. The number of ether oxygens (including phenoxy) is 1. The van der Waals surface area contributed by atoms with Crippen LogP contribution >= 0.6 is 0 Å². The van der Waals surface area contributed by atoms with Gasteiger partial charge in [-0.1, -0.05) is 68.3 Å². The summed E-state index contributed by atoms with van der Waals surface area (Å²) in [6, 6.07) is 19.3. The van der Waals surface area contributed by atoms with E-state index in [4.69, 9.17) is 4.74 Å². The van der Waals surface area contributed by atoms with Crippen molar-refractivity contribution in [3.63, 3.8) is 0 Å². The van der Waals surface area contributed by atoms with Gasteiger partial charge in [0.2, 0.25) is 11.8 Å². The second-order valence-corrected chi connectivity index (χ2v) is 9.81. The highest BCUT2D eigenvalue weighted by molar-refractivity contribution is 6.22. The number of rotatable bonds is 8. The molecule has 1 aliphatic carbocycles. The van der Waals surface area contributed by atoms with Crippen LogP contribution in [0.5, 0.6) is 0 Å². The third kappa shape index (κ3) is 4.25. The van der Waals surface area contributed by atoms with E-state index < -0.39 is 5.92 Å². The van der Waals surface area contributed by atoms with Crippen LogP contribution < -0.4 is 4.90 Å². The Morgan fingerprint density at radius 3 is 2.36 bits per heavy atom. The van der Waals surface area contributed by atoms with Crippen LogP contribution in [0.2, 0.25) is 0 Å². The van der Waals surface area contributed by atoms with Crippen molar-refractivity contribution in [2.75, 3.05) is 12.0 Å². The van der Waals surface area contributed by atoms with Crippen molar-refractivity contribution in [3.8, 4) is 0 Å². The molecule has 2 aliphatic rings. The highest BCUT2D eigenvalue weighted by Crippen LogP contribution is 2.50. The van der Waals surface area contributed by atoms with Gasteiger partial charge in [0.25, 0.3) is 0 Å². The van der Waals surface area contributed by atoms with Crippen LogP contribution in [0, 0.1) is 11.8 Å². The molecule has 0 bridgehead atoms.